The highest BCUT2D eigenvalue weighted by Crippen LogP contribution is 2.24. The molecule has 0 unspecified atom stereocenters. The molecular formula is C12H18N4O. The maximum absolute atomic E-state index is 5.94. The van der Waals surface area contributed by atoms with Gasteiger partial charge >= 0.3 is 0 Å². The lowest BCUT2D eigenvalue weighted by molar-refractivity contribution is 0.0871. The van der Waals surface area contributed by atoms with Gasteiger partial charge in [0, 0.05) is 11.9 Å². The Bertz CT molecular complexity index is 492. The molecule has 2 aromatic rings. The number of hydrogen-bond donors (Lipinski definition) is 3. The van der Waals surface area contributed by atoms with Crippen LogP contribution in [0.25, 0.3) is 10.9 Å². The lowest BCUT2D eigenvalue weighted by atomic mass is 10.2. The quantitative estimate of drug-likeness (QED) is 0.546. The first-order valence-electron chi connectivity index (χ1n) is 5.75. The largest absolute Gasteiger partial charge is 0.397 e. The predicted octanol–water partition coefficient (Wildman–Crippen LogP) is 1.98. The summed E-state index contributed by atoms with van der Waals surface area (Å²) in [6, 6.07) is 3.87. The van der Waals surface area contributed by atoms with Gasteiger partial charge in [-0.05, 0) is 26.0 Å². The van der Waals surface area contributed by atoms with Crippen molar-refractivity contribution in [1.29, 1.82) is 0 Å². The number of aromatic amines is 1. The number of nitrogens with one attached hydrogen (secondary N) is 2. The van der Waals surface area contributed by atoms with Crippen LogP contribution in [0.4, 0.5) is 11.4 Å². The molecule has 5 nitrogen and oxygen atoms in total. The molecule has 0 aliphatic rings. The first-order chi connectivity index (χ1) is 8.16. The van der Waals surface area contributed by atoms with E-state index in [0.717, 1.165) is 28.8 Å². The molecule has 0 fully saturated rings. The first kappa shape index (κ1) is 11.7. The number of H-pyrrole nitrogens is 1. The Hall–Kier alpha value is -1.75. The molecule has 17 heavy (non-hydrogen) atoms. The molecule has 0 aliphatic carbocycles. The summed E-state index contributed by atoms with van der Waals surface area (Å²) in [5.74, 6) is 0. The van der Waals surface area contributed by atoms with Crippen LogP contribution < -0.4 is 11.1 Å². The van der Waals surface area contributed by atoms with Crippen LogP contribution in [0.1, 0.15) is 13.8 Å². The summed E-state index contributed by atoms with van der Waals surface area (Å²) in [5, 5.41) is 11.2. The molecule has 5 heteroatoms. The van der Waals surface area contributed by atoms with Crippen molar-refractivity contribution < 1.29 is 4.74 Å². The van der Waals surface area contributed by atoms with Gasteiger partial charge < -0.3 is 15.8 Å². The van der Waals surface area contributed by atoms with Gasteiger partial charge in [-0.2, -0.15) is 5.10 Å². The van der Waals surface area contributed by atoms with Gasteiger partial charge in [-0.15, -0.1) is 0 Å². The van der Waals surface area contributed by atoms with Gasteiger partial charge in [0.05, 0.1) is 35.8 Å². The van der Waals surface area contributed by atoms with Crippen LogP contribution in [0.2, 0.25) is 0 Å². The van der Waals surface area contributed by atoms with Gasteiger partial charge in [0.15, 0.2) is 0 Å². The normalized spacial score (nSPS) is 11.2. The summed E-state index contributed by atoms with van der Waals surface area (Å²) in [6.07, 6.45) is 2.02. The van der Waals surface area contributed by atoms with Crippen molar-refractivity contribution in [3.8, 4) is 0 Å². The molecular weight excluding hydrogens is 216 g/mol. The molecule has 0 spiro atoms. The molecule has 0 radical (unpaired) electrons. The molecule has 1 heterocycles. The second-order valence-corrected chi connectivity index (χ2v) is 4.24. The van der Waals surface area contributed by atoms with E-state index in [0.29, 0.717) is 6.61 Å². The number of benzene rings is 1. The van der Waals surface area contributed by atoms with Crippen molar-refractivity contribution in [2.75, 3.05) is 24.2 Å². The highest BCUT2D eigenvalue weighted by atomic mass is 16.5. The molecule has 1 aromatic carbocycles. The number of anilines is 2. The van der Waals surface area contributed by atoms with Crippen LogP contribution in [0.15, 0.2) is 18.3 Å². The number of nitrogens with two attached hydrogens (primary N) is 1. The molecule has 0 atom stereocenters. The summed E-state index contributed by atoms with van der Waals surface area (Å²) in [6.45, 7) is 5.44. The number of nitrogens with zero attached hydrogens (tertiary/aromatic N) is 1. The van der Waals surface area contributed by atoms with E-state index in [1.54, 1.807) is 6.20 Å². The van der Waals surface area contributed by atoms with Gasteiger partial charge in [0.1, 0.15) is 0 Å². The van der Waals surface area contributed by atoms with E-state index in [1.165, 1.54) is 0 Å². The van der Waals surface area contributed by atoms with E-state index >= 15 is 0 Å². The van der Waals surface area contributed by atoms with E-state index < -0.39 is 0 Å². The van der Waals surface area contributed by atoms with Crippen molar-refractivity contribution in [2.45, 2.75) is 20.0 Å². The zero-order valence-electron chi connectivity index (χ0n) is 10.2. The van der Waals surface area contributed by atoms with Crippen molar-refractivity contribution in [2.24, 2.45) is 0 Å². The predicted molar refractivity (Wildman–Crippen MR) is 70.1 cm³/mol. The summed E-state index contributed by atoms with van der Waals surface area (Å²) in [5.41, 5.74) is 8.56. The highest BCUT2D eigenvalue weighted by Gasteiger charge is 2.03. The average molecular weight is 234 g/mol. The third-order valence-electron chi connectivity index (χ3n) is 2.48. The van der Waals surface area contributed by atoms with E-state index in [4.69, 9.17) is 10.5 Å². The van der Waals surface area contributed by atoms with Gasteiger partial charge in [-0.3, -0.25) is 5.10 Å². The zero-order valence-corrected chi connectivity index (χ0v) is 10.2. The monoisotopic (exact) mass is 234 g/mol. The number of nitrogen functional groups attached to an aromatic ring is 1. The van der Waals surface area contributed by atoms with E-state index in [2.05, 4.69) is 15.5 Å². The molecule has 0 saturated heterocycles. The van der Waals surface area contributed by atoms with Gasteiger partial charge in [0.2, 0.25) is 0 Å². The Kier molecular flexibility index (Phi) is 3.49. The summed E-state index contributed by atoms with van der Waals surface area (Å²) in [7, 11) is 0. The van der Waals surface area contributed by atoms with Crippen LogP contribution in [0.5, 0.6) is 0 Å². The topological polar surface area (TPSA) is 76.0 Å². The first-order valence-corrected chi connectivity index (χ1v) is 5.75. The molecule has 92 valence electrons. The van der Waals surface area contributed by atoms with E-state index in [-0.39, 0.29) is 6.10 Å². The van der Waals surface area contributed by atoms with Crippen molar-refractivity contribution in [1.82, 2.24) is 10.2 Å². The average Bonchev–Trinajstić information content (AvgIpc) is 2.71. The minimum atomic E-state index is 0.254. The van der Waals surface area contributed by atoms with Crippen LogP contribution in [0, 0.1) is 0 Å². The van der Waals surface area contributed by atoms with Crippen molar-refractivity contribution in [3.63, 3.8) is 0 Å². The van der Waals surface area contributed by atoms with Crippen molar-refractivity contribution >= 4 is 22.3 Å². The summed E-state index contributed by atoms with van der Waals surface area (Å²) >= 11 is 0. The lowest BCUT2D eigenvalue weighted by Crippen LogP contribution is -2.13. The fraction of sp³-hybridized carbons (Fsp3) is 0.417. The molecule has 1 aromatic heterocycles. The van der Waals surface area contributed by atoms with Gasteiger partial charge in [0.25, 0.3) is 0 Å². The van der Waals surface area contributed by atoms with E-state index in [9.17, 15) is 0 Å². The fourth-order valence-corrected chi connectivity index (χ4v) is 1.64. The standard InChI is InChI=1S/C12H18N4O/c1-8(2)17-4-3-14-12-6-11-9(5-10(12)13)7-15-16-11/h5-8,14H,3-4,13H2,1-2H3,(H,15,16). The Morgan fingerprint density at radius 1 is 1.47 bits per heavy atom. The maximum Gasteiger partial charge on any atom is 0.0672 e. The fourth-order valence-electron chi connectivity index (χ4n) is 1.64. The maximum atomic E-state index is 5.94. The second-order valence-electron chi connectivity index (χ2n) is 4.24. The van der Waals surface area contributed by atoms with E-state index in [1.807, 2.05) is 26.0 Å². The minimum absolute atomic E-state index is 0.254. The summed E-state index contributed by atoms with van der Waals surface area (Å²) < 4.78 is 5.45. The van der Waals surface area contributed by atoms with Gasteiger partial charge in [-0.25, -0.2) is 0 Å². The smallest absolute Gasteiger partial charge is 0.0672 e. The zero-order chi connectivity index (χ0) is 12.3. The third-order valence-corrected chi connectivity index (χ3v) is 2.48. The lowest BCUT2D eigenvalue weighted by Gasteiger charge is -2.11. The number of hydrogen-bond acceptors (Lipinski definition) is 4. The molecule has 0 bridgehead atoms. The Labute approximate surface area is 100 Å². The van der Waals surface area contributed by atoms with Crippen LogP contribution >= 0.6 is 0 Å². The van der Waals surface area contributed by atoms with Gasteiger partial charge in [-0.1, -0.05) is 0 Å². The number of fused-ring (bicyclic) bond motifs is 1. The second kappa shape index (κ2) is 5.05. The SMILES string of the molecule is CC(C)OCCNc1cc2[nH]ncc2cc1N. The highest BCUT2D eigenvalue weighted by molar-refractivity contribution is 5.88. The molecule has 0 aliphatic heterocycles. The molecule has 4 N–H and O–H groups in total. The number of aromatic nitrogens is 2. The van der Waals surface area contributed by atoms with Crippen LogP contribution in [-0.2, 0) is 4.74 Å². The Morgan fingerprint density at radius 3 is 3.06 bits per heavy atom. The molecule has 2 rings (SSSR count). The van der Waals surface area contributed by atoms with Crippen molar-refractivity contribution in [3.05, 3.63) is 18.3 Å². The van der Waals surface area contributed by atoms with Crippen LogP contribution in [-0.4, -0.2) is 29.5 Å². The summed E-state index contributed by atoms with van der Waals surface area (Å²) in [4.78, 5) is 0. The third kappa shape index (κ3) is 2.88. The molecule has 0 amide bonds. The molecule has 0 saturated carbocycles. The Balaban J connectivity index is 2.00. The number of rotatable bonds is 5. The van der Waals surface area contributed by atoms with Crippen LogP contribution in [0.3, 0.4) is 0 Å². The number of ether oxygens (including phenoxy) is 1. The minimum Gasteiger partial charge on any atom is -0.397 e. The Morgan fingerprint density at radius 2 is 2.29 bits per heavy atom.